The number of amides is 2. The molecular formula is C27H19ClN7O3S-. The van der Waals surface area contributed by atoms with Crippen molar-refractivity contribution in [3.63, 3.8) is 0 Å². The van der Waals surface area contributed by atoms with Gasteiger partial charge in [0.1, 0.15) is 10.9 Å². The van der Waals surface area contributed by atoms with E-state index in [0.717, 1.165) is 0 Å². The quantitative estimate of drug-likeness (QED) is 0.252. The van der Waals surface area contributed by atoms with Crippen LogP contribution in [0, 0.1) is 0 Å². The minimum Gasteiger partial charge on any atom is -0.858 e. The van der Waals surface area contributed by atoms with Crippen molar-refractivity contribution in [2.24, 2.45) is 4.99 Å². The molecule has 5 aromatic rings. The summed E-state index contributed by atoms with van der Waals surface area (Å²) in [5.41, 5.74) is 2.66. The van der Waals surface area contributed by atoms with Crippen LogP contribution in [0.25, 0.3) is 5.65 Å². The summed E-state index contributed by atoms with van der Waals surface area (Å²) in [5.74, 6) is -0.910. The first-order valence-corrected chi connectivity index (χ1v) is 13.1. The molecular weight excluding hydrogens is 538 g/mol. The van der Waals surface area contributed by atoms with Crippen molar-refractivity contribution in [2.75, 3.05) is 5.32 Å². The van der Waals surface area contributed by atoms with Crippen LogP contribution >= 0.6 is 22.9 Å². The molecule has 1 N–H and O–H groups in total. The van der Waals surface area contributed by atoms with Gasteiger partial charge in [-0.3, -0.25) is 14.6 Å². The second kappa shape index (κ2) is 10.3. The number of aromatic nitrogens is 4. The summed E-state index contributed by atoms with van der Waals surface area (Å²) < 4.78 is 1.71. The number of carbonyl (C=O) groups excluding carboxylic acids is 2. The molecule has 0 aliphatic carbocycles. The molecule has 0 bridgehead atoms. The maximum Gasteiger partial charge on any atom is 0.267 e. The molecule has 2 amide bonds. The van der Waals surface area contributed by atoms with Gasteiger partial charge in [-0.1, -0.05) is 29.8 Å². The molecule has 12 heteroatoms. The fourth-order valence-corrected chi connectivity index (χ4v) is 5.46. The van der Waals surface area contributed by atoms with E-state index in [1.807, 2.05) is 12.1 Å². The number of nitrogens with one attached hydrogen (secondary N) is 1. The predicted molar refractivity (Wildman–Crippen MR) is 145 cm³/mol. The second-order valence-corrected chi connectivity index (χ2v) is 10.1. The lowest BCUT2D eigenvalue weighted by Crippen LogP contribution is -2.46. The van der Waals surface area contributed by atoms with Crippen molar-refractivity contribution >= 4 is 57.8 Å². The number of halogens is 1. The van der Waals surface area contributed by atoms with Crippen LogP contribution in [-0.2, 0) is 17.8 Å². The van der Waals surface area contributed by atoms with Gasteiger partial charge in [-0.25, -0.2) is 15.0 Å². The van der Waals surface area contributed by atoms with E-state index in [4.69, 9.17) is 11.6 Å². The van der Waals surface area contributed by atoms with Crippen molar-refractivity contribution in [1.29, 1.82) is 0 Å². The van der Waals surface area contributed by atoms with E-state index in [1.54, 1.807) is 64.9 Å². The molecule has 0 unspecified atom stereocenters. The first-order chi connectivity index (χ1) is 19.0. The van der Waals surface area contributed by atoms with Crippen molar-refractivity contribution in [2.45, 2.75) is 19.0 Å². The van der Waals surface area contributed by atoms with Crippen LogP contribution in [-0.4, -0.2) is 48.0 Å². The first kappa shape index (κ1) is 24.7. The molecule has 1 aliphatic rings. The molecule has 39 heavy (non-hydrogen) atoms. The Kier molecular flexibility index (Phi) is 6.51. The highest BCUT2D eigenvalue weighted by Gasteiger charge is 2.36. The van der Waals surface area contributed by atoms with Gasteiger partial charge >= 0.3 is 0 Å². The number of rotatable bonds is 6. The molecule has 1 aromatic carbocycles. The third-order valence-electron chi connectivity index (χ3n) is 6.28. The average molecular weight is 557 g/mol. The molecule has 0 saturated heterocycles. The van der Waals surface area contributed by atoms with E-state index < -0.39 is 11.9 Å². The standard InChI is InChI=1S/C27H20ClN7O3S/c28-19-11-16(4-5-18(19)25(36)33-22-15-34-9-8-30-23(34)13-31-22)14-35-21(12-17-3-1-2-7-29-17)26(37)32-20-6-10-39-24(20)27(35)38/h1-11,13,15,21H,12,14H2,(H,32,37)(H,33,36)/p-1/t21-/m1/s1. The Morgan fingerprint density at radius 1 is 1.13 bits per heavy atom. The van der Waals surface area contributed by atoms with Crippen LogP contribution in [0.2, 0.25) is 5.02 Å². The van der Waals surface area contributed by atoms with Gasteiger partial charge in [0.15, 0.2) is 11.5 Å². The molecule has 10 nitrogen and oxygen atoms in total. The number of hydrogen-bond donors (Lipinski definition) is 1. The Bertz CT molecular complexity index is 1730. The SMILES string of the molecule is O=C1Nc2ccsc2C(=O)N(Cc2ccc(/C([O-])=N/c3cn4ccnc4cn3)c(Cl)c2)[C@@H]1Cc1ccccn1. The highest BCUT2D eigenvalue weighted by atomic mass is 35.5. The Hall–Kier alpha value is -4.61. The number of pyridine rings is 1. The summed E-state index contributed by atoms with van der Waals surface area (Å²) in [6.45, 7) is 0.102. The number of hydrogen-bond acceptors (Lipinski definition) is 8. The fourth-order valence-electron chi connectivity index (χ4n) is 4.37. The number of carbonyl (C=O) groups is 2. The second-order valence-electron chi connectivity index (χ2n) is 8.80. The van der Waals surface area contributed by atoms with Gasteiger partial charge < -0.3 is 19.7 Å². The van der Waals surface area contributed by atoms with Crippen LogP contribution in [0.1, 0.15) is 26.5 Å². The van der Waals surface area contributed by atoms with Crippen molar-refractivity contribution < 1.29 is 14.7 Å². The van der Waals surface area contributed by atoms with Crippen molar-refractivity contribution in [3.05, 3.63) is 106 Å². The Morgan fingerprint density at radius 3 is 2.85 bits per heavy atom. The zero-order valence-corrected chi connectivity index (χ0v) is 21.8. The topological polar surface area (TPSA) is 128 Å². The summed E-state index contributed by atoms with van der Waals surface area (Å²) in [4.78, 5) is 45.5. The number of aliphatic imine (C=N–C) groups is 1. The minimum absolute atomic E-state index is 0.102. The summed E-state index contributed by atoms with van der Waals surface area (Å²) in [7, 11) is 0. The molecule has 194 valence electrons. The maximum atomic E-state index is 13.6. The molecule has 4 aromatic heterocycles. The number of imidazole rings is 1. The third-order valence-corrected chi connectivity index (χ3v) is 7.50. The van der Waals surface area contributed by atoms with Gasteiger partial charge in [-0.2, -0.15) is 0 Å². The number of nitrogens with zero attached hydrogens (tertiary/aromatic N) is 6. The lowest BCUT2D eigenvalue weighted by Gasteiger charge is -2.29. The number of anilines is 1. The number of fused-ring (bicyclic) bond motifs is 2. The Balaban J connectivity index is 1.29. The number of thiophene rings is 1. The van der Waals surface area contributed by atoms with Gasteiger partial charge in [-0.05, 0) is 41.1 Å². The van der Waals surface area contributed by atoms with Gasteiger partial charge in [0.2, 0.25) is 5.91 Å². The number of benzene rings is 1. The van der Waals surface area contributed by atoms with Crippen LogP contribution in [0.15, 0.2) is 83.8 Å². The summed E-state index contributed by atoms with van der Waals surface area (Å²) in [5, 5.41) is 17.7. The summed E-state index contributed by atoms with van der Waals surface area (Å²) in [6, 6.07) is 11.2. The molecule has 0 fully saturated rings. The molecule has 0 spiro atoms. The van der Waals surface area contributed by atoms with Crippen LogP contribution < -0.4 is 10.4 Å². The van der Waals surface area contributed by atoms with Gasteiger partial charge in [0, 0.05) is 47.8 Å². The van der Waals surface area contributed by atoms with Gasteiger partial charge in [0.05, 0.1) is 18.1 Å². The highest BCUT2D eigenvalue weighted by Crippen LogP contribution is 2.30. The van der Waals surface area contributed by atoms with Crippen LogP contribution in [0.4, 0.5) is 11.5 Å². The first-order valence-electron chi connectivity index (χ1n) is 11.9. The molecule has 1 atom stereocenters. The van der Waals surface area contributed by atoms with E-state index in [0.29, 0.717) is 27.5 Å². The maximum absolute atomic E-state index is 13.6. The zero-order valence-electron chi connectivity index (χ0n) is 20.2. The van der Waals surface area contributed by atoms with E-state index in [1.165, 1.54) is 22.4 Å². The van der Waals surface area contributed by atoms with Gasteiger partial charge in [-0.15, -0.1) is 11.3 Å². The fraction of sp³-hybridized carbons (Fsp3) is 0.111. The van der Waals surface area contributed by atoms with Gasteiger partial charge in [0.25, 0.3) is 5.91 Å². The molecule has 5 heterocycles. The van der Waals surface area contributed by atoms with Crippen molar-refractivity contribution in [1.82, 2.24) is 24.3 Å². The van der Waals surface area contributed by atoms with E-state index in [2.05, 4.69) is 25.3 Å². The highest BCUT2D eigenvalue weighted by molar-refractivity contribution is 7.12. The minimum atomic E-state index is -0.800. The third kappa shape index (κ3) is 4.97. The van der Waals surface area contributed by atoms with Crippen molar-refractivity contribution in [3.8, 4) is 0 Å². The molecule has 6 rings (SSSR count). The molecule has 1 aliphatic heterocycles. The smallest absolute Gasteiger partial charge is 0.267 e. The Labute approximate surface area is 231 Å². The normalized spacial score (nSPS) is 15.8. The lowest BCUT2D eigenvalue weighted by molar-refractivity contribution is -0.212. The largest absolute Gasteiger partial charge is 0.858 e. The molecule has 0 radical (unpaired) electrons. The Morgan fingerprint density at radius 2 is 2.03 bits per heavy atom. The van der Waals surface area contributed by atoms with E-state index in [9.17, 15) is 14.7 Å². The molecule has 0 saturated carbocycles. The summed E-state index contributed by atoms with van der Waals surface area (Å²) >= 11 is 7.77. The van der Waals surface area contributed by atoms with Crippen LogP contribution in [0.3, 0.4) is 0 Å². The van der Waals surface area contributed by atoms with E-state index in [-0.39, 0.29) is 41.2 Å². The predicted octanol–water partition coefficient (Wildman–Crippen LogP) is 3.48. The summed E-state index contributed by atoms with van der Waals surface area (Å²) in [6.07, 6.45) is 8.36. The van der Waals surface area contributed by atoms with Crippen LogP contribution in [0.5, 0.6) is 0 Å². The average Bonchev–Trinajstić information content (AvgIpc) is 3.58. The zero-order chi connectivity index (χ0) is 26.9. The monoisotopic (exact) mass is 556 g/mol. The lowest BCUT2D eigenvalue weighted by atomic mass is 10.1. The van der Waals surface area contributed by atoms with E-state index >= 15 is 0 Å².